The lowest BCUT2D eigenvalue weighted by atomic mass is 9.93. The number of methoxy groups -OCH3 is 1. The fourth-order valence-electron chi connectivity index (χ4n) is 4.41. The van der Waals surface area contributed by atoms with E-state index in [0.29, 0.717) is 35.8 Å². The molecule has 0 fully saturated rings. The standard InChI is InChI=1S/C27H35N5O6S/c1-6-7-15-37-24-16-19-13-14-31(26(33)38-27(2,3)4)22(21(19)17-23(24)36-5)18-39(34,35)25-28-29-30-32(25)20-11-9-8-10-12-20/h8-12,16-17,22H,6-7,13-15,18H2,1-5H3. The zero-order valence-electron chi connectivity index (χ0n) is 23.0. The number of tetrazole rings is 1. The highest BCUT2D eigenvalue weighted by Crippen LogP contribution is 2.40. The molecular formula is C27H35N5O6S. The van der Waals surface area contributed by atoms with Gasteiger partial charge in [-0.2, -0.15) is 4.68 Å². The van der Waals surface area contributed by atoms with Crippen molar-refractivity contribution in [2.75, 3.05) is 26.0 Å². The molecule has 4 rings (SSSR count). The minimum atomic E-state index is -4.09. The number of nitrogens with zero attached hydrogens (tertiary/aromatic N) is 5. The van der Waals surface area contributed by atoms with Crippen LogP contribution in [0.1, 0.15) is 57.7 Å². The molecule has 3 aromatic rings. The highest BCUT2D eigenvalue weighted by molar-refractivity contribution is 7.91. The van der Waals surface area contributed by atoms with Crippen molar-refractivity contribution in [3.63, 3.8) is 0 Å². The summed E-state index contributed by atoms with van der Waals surface area (Å²) in [6.45, 7) is 8.20. The maximum Gasteiger partial charge on any atom is 0.410 e. The van der Waals surface area contributed by atoms with Gasteiger partial charge in [-0.25, -0.2) is 13.2 Å². The first-order valence-corrected chi connectivity index (χ1v) is 14.6. The van der Waals surface area contributed by atoms with Crippen LogP contribution in [0.4, 0.5) is 4.79 Å². The number of aromatic nitrogens is 4. The molecule has 1 atom stereocenters. The van der Waals surface area contributed by atoms with Crippen molar-refractivity contribution >= 4 is 15.9 Å². The average Bonchev–Trinajstić information content (AvgIpc) is 3.39. The van der Waals surface area contributed by atoms with Gasteiger partial charge in [0.15, 0.2) is 11.5 Å². The number of para-hydroxylation sites is 1. The van der Waals surface area contributed by atoms with Crippen LogP contribution in [0, 0.1) is 0 Å². The van der Waals surface area contributed by atoms with E-state index in [-0.39, 0.29) is 11.7 Å². The summed E-state index contributed by atoms with van der Waals surface area (Å²) in [7, 11) is -2.56. The molecule has 0 spiro atoms. The van der Waals surface area contributed by atoms with Crippen LogP contribution in [0.15, 0.2) is 47.6 Å². The number of rotatable bonds is 9. The summed E-state index contributed by atoms with van der Waals surface area (Å²) in [5.41, 5.74) is 1.27. The van der Waals surface area contributed by atoms with Gasteiger partial charge >= 0.3 is 6.09 Å². The number of unbranched alkanes of at least 4 members (excludes halogenated alkanes) is 1. The minimum absolute atomic E-state index is 0.270. The Kier molecular flexibility index (Phi) is 8.43. The van der Waals surface area contributed by atoms with E-state index < -0.39 is 33.3 Å². The Morgan fingerprint density at radius 3 is 2.54 bits per heavy atom. The summed E-state index contributed by atoms with van der Waals surface area (Å²) in [4.78, 5) is 14.8. The third-order valence-corrected chi connectivity index (χ3v) is 7.83. The quantitative estimate of drug-likeness (QED) is 0.357. The molecule has 1 amide bonds. The summed E-state index contributed by atoms with van der Waals surface area (Å²) in [6, 6.07) is 11.5. The van der Waals surface area contributed by atoms with Crippen LogP contribution in [-0.2, 0) is 21.0 Å². The lowest BCUT2D eigenvalue weighted by molar-refractivity contribution is 0.0162. The molecule has 11 nitrogen and oxygen atoms in total. The topological polar surface area (TPSA) is 126 Å². The number of hydrogen-bond donors (Lipinski definition) is 0. The molecule has 210 valence electrons. The van der Waals surface area contributed by atoms with E-state index in [4.69, 9.17) is 14.2 Å². The molecule has 0 saturated heterocycles. The van der Waals surface area contributed by atoms with Gasteiger partial charge in [0.1, 0.15) is 5.60 Å². The fraction of sp³-hybridized carbons (Fsp3) is 0.481. The van der Waals surface area contributed by atoms with E-state index in [0.717, 1.165) is 18.4 Å². The van der Waals surface area contributed by atoms with Crippen LogP contribution in [-0.4, -0.2) is 71.2 Å². The third-order valence-electron chi connectivity index (χ3n) is 6.26. The van der Waals surface area contributed by atoms with Crippen LogP contribution >= 0.6 is 0 Å². The van der Waals surface area contributed by atoms with Crippen molar-refractivity contribution in [3.8, 4) is 17.2 Å². The van der Waals surface area contributed by atoms with Crippen LogP contribution < -0.4 is 9.47 Å². The molecule has 1 unspecified atom stereocenters. The first kappa shape index (κ1) is 28.3. The maximum atomic E-state index is 13.8. The number of hydrogen-bond acceptors (Lipinski definition) is 9. The van der Waals surface area contributed by atoms with Crippen molar-refractivity contribution in [1.82, 2.24) is 25.1 Å². The van der Waals surface area contributed by atoms with E-state index in [9.17, 15) is 13.2 Å². The first-order chi connectivity index (χ1) is 18.5. The molecule has 1 aliphatic rings. The fourth-order valence-corrected chi connectivity index (χ4v) is 5.90. The summed E-state index contributed by atoms with van der Waals surface area (Å²) in [6.07, 6.45) is 1.78. The Balaban J connectivity index is 1.76. The maximum absolute atomic E-state index is 13.8. The normalized spacial score (nSPS) is 15.5. The Hall–Kier alpha value is -3.67. The van der Waals surface area contributed by atoms with E-state index >= 15 is 0 Å². The largest absolute Gasteiger partial charge is 0.493 e. The van der Waals surface area contributed by atoms with Gasteiger partial charge in [-0.15, -0.1) is 0 Å². The van der Waals surface area contributed by atoms with E-state index in [1.54, 1.807) is 51.1 Å². The van der Waals surface area contributed by atoms with Crippen LogP contribution in [0.25, 0.3) is 5.69 Å². The SMILES string of the molecule is CCCCOc1cc2c(cc1OC)C(CS(=O)(=O)c1nnnn1-c1ccccc1)N(C(=O)OC(C)(C)C)CC2. The zero-order chi connectivity index (χ0) is 28.2. The van der Waals surface area contributed by atoms with Crippen molar-refractivity contribution in [3.05, 3.63) is 53.6 Å². The van der Waals surface area contributed by atoms with Gasteiger partial charge in [0, 0.05) is 6.54 Å². The smallest absolute Gasteiger partial charge is 0.410 e. The van der Waals surface area contributed by atoms with Gasteiger partial charge in [0.05, 0.1) is 31.2 Å². The lowest BCUT2D eigenvalue weighted by Gasteiger charge is -2.38. The second-order valence-corrected chi connectivity index (χ2v) is 12.3. The van der Waals surface area contributed by atoms with Gasteiger partial charge in [-0.1, -0.05) is 36.6 Å². The Morgan fingerprint density at radius 1 is 1.13 bits per heavy atom. The molecule has 39 heavy (non-hydrogen) atoms. The number of carbonyl (C=O) groups is 1. The number of sulfone groups is 1. The summed E-state index contributed by atoms with van der Waals surface area (Å²) in [5, 5.41) is 11.1. The van der Waals surface area contributed by atoms with Gasteiger partial charge in [-0.3, -0.25) is 4.90 Å². The number of benzene rings is 2. The van der Waals surface area contributed by atoms with Crippen molar-refractivity contribution < 1.29 is 27.4 Å². The number of carbonyl (C=O) groups excluding carboxylic acids is 1. The van der Waals surface area contributed by atoms with Gasteiger partial charge in [-0.05, 0) is 79.4 Å². The predicted molar refractivity (Wildman–Crippen MR) is 144 cm³/mol. The second-order valence-electron chi connectivity index (χ2n) is 10.3. The van der Waals surface area contributed by atoms with Crippen molar-refractivity contribution in [2.45, 2.75) is 63.8 Å². The summed E-state index contributed by atoms with van der Waals surface area (Å²) in [5.74, 6) is 0.600. The number of ether oxygens (including phenoxy) is 3. The third kappa shape index (κ3) is 6.49. The molecule has 2 heterocycles. The first-order valence-electron chi connectivity index (χ1n) is 12.9. The molecule has 1 aromatic heterocycles. The summed E-state index contributed by atoms with van der Waals surface area (Å²) < 4.78 is 46.0. The molecule has 12 heteroatoms. The number of amides is 1. The van der Waals surface area contributed by atoms with Crippen LogP contribution in [0.5, 0.6) is 11.5 Å². The van der Waals surface area contributed by atoms with E-state index in [1.165, 1.54) is 16.7 Å². The highest BCUT2D eigenvalue weighted by atomic mass is 32.2. The molecule has 0 radical (unpaired) electrons. The second kappa shape index (κ2) is 11.6. The number of fused-ring (bicyclic) bond motifs is 1. The molecular weight excluding hydrogens is 522 g/mol. The predicted octanol–water partition coefficient (Wildman–Crippen LogP) is 4.16. The minimum Gasteiger partial charge on any atom is -0.493 e. The van der Waals surface area contributed by atoms with E-state index in [2.05, 4.69) is 22.4 Å². The molecule has 0 aliphatic carbocycles. The lowest BCUT2D eigenvalue weighted by Crippen LogP contribution is -2.45. The van der Waals surface area contributed by atoms with E-state index in [1.807, 2.05) is 12.1 Å². The molecule has 0 saturated carbocycles. The van der Waals surface area contributed by atoms with Gasteiger partial charge in [0.25, 0.3) is 5.16 Å². The molecule has 0 bridgehead atoms. The Morgan fingerprint density at radius 2 is 1.87 bits per heavy atom. The molecule has 1 aliphatic heterocycles. The van der Waals surface area contributed by atoms with Gasteiger partial charge < -0.3 is 14.2 Å². The van der Waals surface area contributed by atoms with Crippen molar-refractivity contribution in [2.24, 2.45) is 0 Å². The Bertz CT molecular complexity index is 1400. The van der Waals surface area contributed by atoms with Crippen LogP contribution in [0.3, 0.4) is 0 Å². The summed E-state index contributed by atoms with van der Waals surface area (Å²) >= 11 is 0. The average molecular weight is 558 g/mol. The zero-order valence-corrected chi connectivity index (χ0v) is 23.8. The highest BCUT2D eigenvalue weighted by Gasteiger charge is 2.39. The van der Waals surface area contributed by atoms with Crippen molar-refractivity contribution in [1.29, 1.82) is 0 Å². The van der Waals surface area contributed by atoms with Gasteiger partial charge in [0.2, 0.25) is 9.84 Å². The molecule has 2 aromatic carbocycles. The Labute approximate surface area is 229 Å². The molecule has 0 N–H and O–H groups in total. The van der Waals surface area contributed by atoms with Crippen LogP contribution in [0.2, 0.25) is 0 Å². The monoisotopic (exact) mass is 557 g/mol.